The molecular formula is C14H21FN2O2. The van der Waals surface area contributed by atoms with Crippen LogP contribution in [0.3, 0.4) is 0 Å². The number of nitrogen functional groups attached to an aromatic ring is 1. The largest absolute Gasteiger partial charge is 0.399 e. The topological polar surface area (TPSA) is 64.3 Å². The Balaban J connectivity index is 2.94. The first-order chi connectivity index (χ1) is 8.86. The van der Waals surface area contributed by atoms with Crippen LogP contribution < -0.4 is 11.1 Å². The molecule has 0 radical (unpaired) electrons. The number of hydrogen-bond donors (Lipinski definition) is 2. The molecule has 1 amide bonds. The average Bonchev–Trinajstić information content (AvgIpc) is 2.32. The molecule has 0 aliphatic heterocycles. The Bertz CT molecular complexity index is 461. The Hall–Kier alpha value is -1.62. The second kappa shape index (κ2) is 6.52. The van der Waals surface area contributed by atoms with Crippen LogP contribution in [-0.2, 0) is 4.74 Å². The molecule has 1 rings (SSSR count). The van der Waals surface area contributed by atoms with Crippen molar-refractivity contribution in [2.24, 2.45) is 5.92 Å². The van der Waals surface area contributed by atoms with Crippen molar-refractivity contribution >= 4 is 11.6 Å². The lowest BCUT2D eigenvalue weighted by Crippen LogP contribution is -2.42. The number of halogens is 1. The van der Waals surface area contributed by atoms with Crippen LogP contribution in [0.5, 0.6) is 0 Å². The molecule has 0 aliphatic carbocycles. The number of amides is 1. The zero-order valence-corrected chi connectivity index (χ0v) is 11.8. The van der Waals surface area contributed by atoms with Crippen molar-refractivity contribution in [3.05, 3.63) is 29.1 Å². The second-order valence-electron chi connectivity index (χ2n) is 4.98. The number of nitrogens with one attached hydrogen (secondary N) is 1. The maximum atomic E-state index is 13.9. The first kappa shape index (κ1) is 15.4. The molecule has 1 aromatic carbocycles. The van der Waals surface area contributed by atoms with Crippen molar-refractivity contribution in [1.82, 2.24) is 5.32 Å². The Morgan fingerprint density at radius 1 is 1.47 bits per heavy atom. The Morgan fingerprint density at radius 3 is 2.63 bits per heavy atom. The number of nitrogens with two attached hydrogens (primary N) is 1. The maximum Gasteiger partial charge on any atom is 0.254 e. The summed E-state index contributed by atoms with van der Waals surface area (Å²) in [6.07, 6.45) is 0. The SMILES string of the molecule is COCC(NC(=O)c1cc(N)cc(C)c1F)C(C)C. The van der Waals surface area contributed by atoms with Gasteiger partial charge in [0, 0.05) is 12.8 Å². The van der Waals surface area contributed by atoms with Crippen LogP contribution in [0.1, 0.15) is 29.8 Å². The van der Waals surface area contributed by atoms with Gasteiger partial charge in [0.15, 0.2) is 0 Å². The molecule has 19 heavy (non-hydrogen) atoms. The number of ether oxygens (including phenoxy) is 1. The predicted octanol–water partition coefficient (Wildman–Crippen LogP) is 2.12. The summed E-state index contributed by atoms with van der Waals surface area (Å²) in [5.74, 6) is -0.815. The van der Waals surface area contributed by atoms with Crippen molar-refractivity contribution < 1.29 is 13.9 Å². The maximum absolute atomic E-state index is 13.9. The van der Waals surface area contributed by atoms with Crippen molar-refractivity contribution in [3.63, 3.8) is 0 Å². The molecule has 0 fully saturated rings. The number of benzene rings is 1. The third-order valence-corrected chi connectivity index (χ3v) is 2.99. The van der Waals surface area contributed by atoms with Gasteiger partial charge in [-0.1, -0.05) is 13.8 Å². The molecule has 0 spiro atoms. The van der Waals surface area contributed by atoms with Gasteiger partial charge in [-0.15, -0.1) is 0 Å². The molecule has 5 heteroatoms. The first-order valence-electron chi connectivity index (χ1n) is 6.22. The molecule has 106 valence electrons. The molecule has 0 saturated heterocycles. The Labute approximate surface area is 113 Å². The van der Waals surface area contributed by atoms with E-state index in [0.29, 0.717) is 17.9 Å². The van der Waals surface area contributed by atoms with Crippen LogP contribution in [0.4, 0.5) is 10.1 Å². The lowest BCUT2D eigenvalue weighted by Gasteiger charge is -2.22. The standard InChI is InChI=1S/C14H21FN2O2/c1-8(2)12(7-19-4)17-14(18)11-6-10(16)5-9(3)13(11)15/h5-6,8,12H,7,16H2,1-4H3,(H,17,18). The quantitative estimate of drug-likeness (QED) is 0.804. The lowest BCUT2D eigenvalue weighted by atomic mass is 10.0. The fourth-order valence-corrected chi connectivity index (χ4v) is 1.79. The van der Waals surface area contributed by atoms with E-state index in [0.717, 1.165) is 0 Å². The summed E-state index contributed by atoms with van der Waals surface area (Å²) in [6, 6.07) is 2.68. The molecule has 1 atom stereocenters. The molecule has 1 aromatic rings. The molecular weight excluding hydrogens is 247 g/mol. The molecule has 0 aromatic heterocycles. The highest BCUT2D eigenvalue weighted by Crippen LogP contribution is 2.17. The summed E-state index contributed by atoms with van der Waals surface area (Å²) in [5.41, 5.74) is 6.35. The van der Waals surface area contributed by atoms with Gasteiger partial charge in [-0.3, -0.25) is 4.79 Å². The van der Waals surface area contributed by atoms with E-state index in [2.05, 4.69) is 5.32 Å². The minimum atomic E-state index is -0.536. The number of anilines is 1. The second-order valence-corrected chi connectivity index (χ2v) is 4.98. The predicted molar refractivity (Wildman–Crippen MR) is 73.5 cm³/mol. The van der Waals surface area contributed by atoms with E-state index in [-0.39, 0.29) is 17.5 Å². The summed E-state index contributed by atoms with van der Waals surface area (Å²) in [4.78, 5) is 12.1. The Kier molecular flexibility index (Phi) is 5.30. The van der Waals surface area contributed by atoms with Crippen molar-refractivity contribution in [3.8, 4) is 0 Å². The number of carbonyl (C=O) groups is 1. The average molecular weight is 268 g/mol. The monoisotopic (exact) mass is 268 g/mol. The van der Waals surface area contributed by atoms with Gasteiger partial charge in [0.1, 0.15) is 5.82 Å². The number of aryl methyl sites for hydroxylation is 1. The van der Waals surface area contributed by atoms with Gasteiger partial charge in [0.2, 0.25) is 0 Å². The van der Waals surface area contributed by atoms with Gasteiger partial charge < -0.3 is 15.8 Å². The Morgan fingerprint density at radius 2 is 2.11 bits per heavy atom. The molecule has 0 aliphatic rings. The van der Waals surface area contributed by atoms with Crippen molar-refractivity contribution in [2.75, 3.05) is 19.5 Å². The minimum absolute atomic E-state index is 0.0285. The van der Waals surface area contributed by atoms with Gasteiger partial charge in [-0.25, -0.2) is 4.39 Å². The normalized spacial score (nSPS) is 12.5. The molecule has 3 N–H and O–H groups in total. The molecule has 0 heterocycles. The highest BCUT2D eigenvalue weighted by atomic mass is 19.1. The summed E-state index contributed by atoms with van der Waals surface area (Å²) >= 11 is 0. The fraction of sp³-hybridized carbons (Fsp3) is 0.500. The van der Waals surface area contributed by atoms with Crippen LogP contribution >= 0.6 is 0 Å². The third-order valence-electron chi connectivity index (χ3n) is 2.99. The van der Waals surface area contributed by atoms with Crippen LogP contribution in [-0.4, -0.2) is 25.7 Å². The molecule has 4 nitrogen and oxygen atoms in total. The minimum Gasteiger partial charge on any atom is -0.399 e. The van der Waals surface area contributed by atoms with E-state index in [9.17, 15) is 9.18 Å². The number of methoxy groups -OCH3 is 1. The van der Waals surface area contributed by atoms with Crippen LogP contribution in [0.25, 0.3) is 0 Å². The van der Waals surface area contributed by atoms with Crippen LogP contribution in [0.15, 0.2) is 12.1 Å². The molecule has 1 unspecified atom stereocenters. The van der Waals surface area contributed by atoms with Gasteiger partial charge >= 0.3 is 0 Å². The van der Waals surface area contributed by atoms with Crippen LogP contribution in [0.2, 0.25) is 0 Å². The van der Waals surface area contributed by atoms with E-state index >= 15 is 0 Å². The van der Waals surface area contributed by atoms with Gasteiger partial charge in [0.05, 0.1) is 18.2 Å². The lowest BCUT2D eigenvalue weighted by molar-refractivity contribution is 0.0862. The summed E-state index contributed by atoms with van der Waals surface area (Å²) in [7, 11) is 1.56. The highest BCUT2D eigenvalue weighted by molar-refractivity contribution is 5.95. The zero-order chi connectivity index (χ0) is 14.6. The van der Waals surface area contributed by atoms with E-state index in [1.165, 1.54) is 12.1 Å². The van der Waals surface area contributed by atoms with Gasteiger partial charge in [-0.2, -0.15) is 0 Å². The summed E-state index contributed by atoms with van der Waals surface area (Å²) in [6.45, 7) is 5.89. The van der Waals surface area contributed by atoms with E-state index in [1.54, 1.807) is 14.0 Å². The molecule has 0 bridgehead atoms. The number of carbonyl (C=O) groups excluding carboxylic acids is 1. The van der Waals surface area contributed by atoms with Gasteiger partial charge in [0.25, 0.3) is 5.91 Å². The van der Waals surface area contributed by atoms with E-state index in [4.69, 9.17) is 10.5 Å². The fourth-order valence-electron chi connectivity index (χ4n) is 1.79. The van der Waals surface area contributed by atoms with Gasteiger partial charge in [-0.05, 0) is 30.5 Å². The summed E-state index contributed by atoms with van der Waals surface area (Å²) < 4.78 is 19.0. The number of hydrogen-bond acceptors (Lipinski definition) is 3. The van der Waals surface area contributed by atoms with E-state index < -0.39 is 11.7 Å². The van der Waals surface area contributed by atoms with E-state index in [1.807, 2.05) is 13.8 Å². The summed E-state index contributed by atoms with van der Waals surface area (Å²) in [5, 5.41) is 2.77. The third kappa shape index (κ3) is 3.92. The number of rotatable bonds is 5. The zero-order valence-electron chi connectivity index (χ0n) is 11.8. The van der Waals surface area contributed by atoms with Crippen molar-refractivity contribution in [2.45, 2.75) is 26.8 Å². The molecule has 0 saturated carbocycles. The van der Waals surface area contributed by atoms with Crippen molar-refractivity contribution in [1.29, 1.82) is 0 Å². The van der Waals surface area contributed by atoms with Crippen LogP contribution in [0, 0.1) is 18.7 Å². The first-order valence-corrected chi connectivity index (χ1v) is 6.22. The highest BCUT2D eigenvalue weighted by Gasteiger charge is 2.20. The smallest absolute Gasteiger partial charge is 0.254 e.